The first-order valence-electron chi connectivity index (χ1n) is 38.5. The Morgan fingerprint density at radius 2 is 0.953 bits per heavy atom. The molecular weight excluding hydrogens is 1720 g/mol. The number of aromatic carboxylic acids is 1. The van der Waals surface area contributed by atoms with Gasteiger partial charge in [-0.3, -0.25) is 37.6 Å². The van der Waals surface area contributed by atoms with E-state index < -0.39 is 82.5 Å². The number of benzene rings is 1. The number of nitrogens with two attached hydrogens (primary N) is 1. The SMILES string of the molecule is C#CCCCc1cn(C)nn1.CCOC(=O)c1c(C(F)(F)F)nnn1C.CCOC(=O)c1nnn(C)c1C(F)(F)F.CNc1ccccc1C(=O)NCc1cn(C)nn1.COC(=O)c1cn(C)nn1.COC(=O)c1nnn(C)c1C(=O)OC.Cn1cc(C(=O)O)nn1.Cn1cc(C(=O)OC(C)(C)C)nn1.Cn1cc(C2(N)CCCCC2)nn1.Cn1cc(CCCCO)nn1. The Labute approximate surface area is 734 Å². The minimum atomic E-state index is -4.71. The van der Waals surface area contributed by atoms with Gasteiger partial charge in [-0.15, -0.1) is 63.3 Å². The second-order valence-electron chi connectivity index (χ2n) is 27.6. The third-order valence-corrected chi connectivity index (χ3v) is 16.0. The quantitative estimate of drug-likeness (QED) is 0.0224. The molecule has 0 radical (unpaired) electrons. The van der Waals surface area contributed by atoms with Crippen molar-refractivity contribution in [2.75, 3.05) is 53.5 Å². The summed E-state index contributed by atoms with van der Waals surface area (Å²) in [6.07, 6.45) is 18.9. The molecule has 55 heteroatoms. The zero-order valence-corrected chi connectivity index (χ0v) is 74.4. The number of esters is 6. The number of anilines is 1. The lowest BCUT2D eigenvalue weighted by Gasteiger charge is -2.31. The summed E-state index contributed by atoms with van der Waals surface area (Å²) in [6.45, 7) is 9.00. The lowest BCUT2D eigenvalue weighted by molar-refractivity contribution is -0.144. The number of rotatable bonds is 21. The van der Waals surface area contributed by atoms with Crippen molar-refractivity contribution in [2.45, 2.75) is 135 Å². The van der Waals surface area contributed by atoms with E-state index in [1.807, 2.05) is 57.9 Å². The van der Waals surface area contributed by atoms with E-state index in [1.54, 1.807) is 87.0 Å². The van der Waals surface area contributed by atoms with Crippen molar-refractivity contribution in [3.05, 3.63) is 147 Å². The number of aliphatic hydroxyl groups excluding tert-OH is 1. The molecule has 0 bridgehead atoms. The zero-order chi connectivity index (χ0) is 96.9. The highest BCUT2D eigenvalue weighted by Crippen LogP contribution is 2.34. The normalized spacial score (nSPS) is 11.6. The predicted molar refractivity (Wildman–Crippen MR) is 436 cm³/mol. The van der Waals surface area contributed by atoms with Gasteiger partial charge >= 0.3 is 54.1 Å². The lowest BCUT2D eigenvalue weighted by atomic mass is 9.80. The number of carbonyl (C=O) groups is 8. The first kappa shape index (κ1) is 108. The molecule has 1 fully saturated rings. The molecule has 12 rings (SSSR count). The Morgan fingerprint density at radius 3 is 1.39 bits per heavy atom. The summed E-state index contributed by atoms with van der Waals surface area (Å²) >= 11 is 0. The largest absolute Gasteiger partial charge is 0.476 e. The molecule has 10 heterocycles. The molecule has 1 aliphatic rings. The standard InChI is InChI=1S/C12H15N5O.C9H16N4.C8H13N3O2.C8H11N3.2C7H8F3N3O2.C7H9N3O4.C7H13N3O.C5H7N3O2.C4H5N3O2/c1-13-11-6-4-3-5-10(11)12(18)14-7-9-8-17(2)16-15-9;1-13-7-8(11-12-13)9(10)5-3-2-4-6-9;1-8(2,3)13-7(12)6-5-11(4)10-9-6;1-3-4-5-6-8-7-11(2)10-9-8;1-3-15-6(14)4-5(7(8,9)10)11-12-13(4)2;1-3-15-6(14)4-5(7(8,9)10)13(2)12-11-4;1-10-5(7(12)14-3)4(8-9-10)6(11)13-2;1-10-6-7(8-9-10)4-2-3-5-11;1-8-3-4(6-7-8)5(9)10-2;1-7-2-3(4(8)9)5-6-7/h3-6,8,13H,7H2,1-2H3,(H,14,18);7H,2-6,10H2,1H3;5H,1-4H3;1,7H,4-6H2,2H3;2*3H2,1-2H3;1-3H3;6,11H,2-5H2,1H3;3H,1-2H3;2H,1H3,(H,8,9). The van der Waals surface area contributed by atoms with Crippen molar-refractivity contribution in [3.63, 3.8) is 0 Å². The molecule has 1 saturated carbocycles. The fourth-order valence-electron chi connectivity index (χ4n) is 10.1. The van der Waals surface area contributed by atoms with Crippen LogP contribution in [0.1, 0.15) is 210 Å². The summed E-state index contributed by atoms with van der Waals surface area (Å²) in [6, 6.07) is 7.35. The third kappa shape index (κ3) is 37.9. The van der Waals surface area contributed by atoms with Crippen LogP contribution in [0.4, 0.5) is 32.0 Å². The van der Waals surface area contributed by atoms with Crippen molar-refractivity contribution < 1.29 is 103 Å². The number of nitrogens with zero attached hydrogens (tertiary/aromatic N) is 30. The summed E-state index contributed by atoms with van der Waals surface area (Å²) in [7, 11) is 21.6. The van der Waals surface area contributed by atoms with Crippen LogP contribution < -0.4 is 16.4 Å². The molecule has 704 valence electrons. The van der Waals surface area contributed by atoms with E-state index in [1.165, 1.54) is 101 Å². The Balaban J connectivity index is 0.000000371. The van der Waals surface area contributed by atoms with Gasteiger partial charge in [-0.05, 0) is 91.7 Å². The fourth-order valence-corrected chi connectivity index (χ4v) is 10.1. The monoisotopic (exact) mass is 1830 g/mol. The van der Waals surface area contributed by atoms with Gasteiger partial charge in [0.05, 0.1) is 82.2 Å². The zero-order valence-electron chi connectivity index (χ0n) is 74.4. The van der Waals surface area contributed by atoms with Crippen LogP contribution >= 0.6 is 0 Å². The number of alkyl halides is 6. The number of aromatic nitrogens is 30. The number of methoxy groups -OCH3 is 3. The van der Waals surface area contributed by atoms with Crippen molar-refractivity contribution in [2.24, 2.45) is 76.2 Å². The van der Waals surface area contributed by atoms with Crippen molar-refractivity contribution >= 4 is 53.4 Å². The average Bonchev–Trinajstić information content (AvgIpc) is 1.66. The summed E-state index contributed by atoms with van der Waals surface area (Å²) in [4.78, 5) is 88.7. The van der Waals surface area contributed by atoms with E-state index in [0.29, 0.717) is 16.8 Å². The minimum absolute atomic E-state index is 0.0126. The Hall–Kier alpha value is -14.8. The van der Waals surface area contributed by atoms with Gasteiger partial charge in [0.2, 0.25) is 17.1 Å². The fraction of sp³-hybridized carbons (Fsp3) is 0.514. The van der Waals surface area contributed by atoms with Crippen LogP contribution in [0, 0.1) is 12.3 Å². The lowest BCUT2D eigenvalue weighted by Crippen LogP contribution is -2.39. The van der Waals surface area contributed by atoms with Gasteiger partial charge in [0.1, 0.15) is 17.0 Å². The predicted octanol–water partition coefficient (Wildman–Crippen LogP) is 3.92. The molecule has 10 aromatic heterocycles. The van der Waals surface area contributed by atoms with Crippen LogP contribution in [0.15, 0.2) is 67.6 Å². The minimum Gasteiger partial charge on any atom is -0.476 e. The molecule has 0 atom stereocenters. The number of terminal acetylenes is 1. The van der Waals surface area contributed by atoms with Gasteiger partial charge in [0, 0.05) is 121 Å². The number of carbonyl (C=O) groups excluding carboxylic acids is 7. The Kier molecular flexibility index (Phi) is 45.0. The van der Waals surface area contributed by atoms with E-state index in [-0.39, 0.29) is 59.7 Å². The summed E-state index contributed by atoms with van der Waals surface area (Å²) < 4.78 is 115. The van der Waals surface area contributed by atoms with Crippen LogP contribution in [0.3, 0.4) is 0 Å². The molecule has 1 amide bonds. The highest BCUT2D eigenvalue weighted by atomic mass is 19.4. The van der Waals surface area contributed by atoms with Gasteiger partial charge < -0.3 is 55.0 Å². The molecular formula is C74H105F6N33O16. The number of halogens is 6. The Bertz CT molecular complexity index is 5340. The molecule has 11 aromatic rings. The van der Waals surface area contributed by atoms with Gasteiger partial charge in [-0.1, -0.05) is 83.5 Å². The van der Waals surface area contributed by atoms with Gasteiger partial charge in [-0.2, -0.15) is 26.3 Å². The average molecular weight is 1830 g/mol. The number of unbranched alkanes of at least 4 members (excludes halogenated alkanes) is 2. The number of hydrogen-bond acceptors (Lipinski definition) is 37. The molecule has 0 aliphatic heterocycles. The molecule has 129 heavy (non-hydrogen) atoms. The van der Waals surface area contributed by atoms with E-state index >= 15 is 0 Å². The summed E-state index contributed by atoms with van der Waals surface area (Å²) in [5.41, 5.74) is 6.91. The number of nitrogens with one attached hydrogen (secondary N) is 2. The first-order valence-corrected chi connectivity index (χ1v) is 38.5. The number of aliphatic hydroxyl groups is 1. The molecule has 1 aromatic carbocycles. The van der Waals surface area contributed by atoms with Crippen molar-refractivity contribution in [1.82, 2.24) is 155 Å². The van der Waals surface area contributed by atoms with Crippen LogP contribution in [0.25, 0.3) is 0 Å². The smallest absolute Gasteiger partial charge is 0.437 e. The van der Waals surface area contributed by atoms with Crippen molar-refractivity contribution in [3.8, 4) is 12.3 Å². The van der Waals surface area contributed by atoms with Crippen LogP contribution in [-0.2, 0) is 136 Å². The van der Waals surface area contributed by atoms with E-state index in [0.717, 1.165) is 96.2 Å². The molecule has 1 aliphatic carbocycles. The van der Waals surface area contributed by atoms with Crippen LogP contribution in [0.5, 0.6) is 0 Å². The molecule has 0 spiro atoms. The number of ether oxygens (including phenoxy) is 6. The number of hydrogen-bond donors (Lipinski definition) is 5. The third-order valence-electron chi connectivity index (χ3n) is 16.0. The van der Waals surface area contributed by atoms with E-state index in [2.05, 4.69) is 143 Å². The molecule has 6 N–H and O–H groups in total. The van der Waals surface area contributed by atoms with E-state index in [9.17, 15) is 64.7 Å². The number of carboxylic acid groups (broad SMARTS) is 1. The number of aryl methyl sites for hydroxylation is 12. The first-order chi connectivity index (χ1) is 60.7. The molecule has 0 unspecified atom stereocenters. The number of para-hydroxylation sites is 1. The topological polar surface area (TPSA) is 590 Å². The summed E-state index contributed by atoms with van der Waals surface area (Å²) in [5, 5.41) is 94.2. The van der Waals surface area contributed by atoms with Crippen LogP contribution in [-0.4, -0.2) is 262 Å². The maximum atomic E-state index is 12.4. The van der Waals surface area contributed by atoms with Gasteiger partial charge in [0.15, 0.2) is 34.2 Å². The highest BCUT2D eigenvalue weighted by molar-refractivity contribution is 6.00. The van der Waals surface area contributed by atoms with E-state index in [4.69, 9.17) is 27.1 Å². The second kappa shape index (κ2) is 53.5. The molecule has 49 nitrogen and oxygen atoms in total. The van der Waals surface area contributed by atoms with Crippen LogP contribution in [0.2, 0.25) is 0 Å². The Morgan fingerprint density at radius 1 is 0.504 bits per heavy atom. The second-order valence-corrected chi connectivity index (χ2v) is 27.6. The molecule has 0 saturated heterocycles. The van der Waals surface area contributed by atoms with Gasteiger partial charge in [0.25, 0.3) is 5.91 Å². The van der Waals surface area contributed by atoms with Crippen molar-refractivity contribution in [1.29, 1.82) is 0 Å². The number of carboxylic acids is 1. The maximum Gasteiger partial charge on any atom is 0.437 e. The number of amides is 1. The maximum absolute atomic E-state index is 12.4. The van der Waals surface area contributed by atoms with Gasteiger partial charge in [-0.25, -0.2) is 47.6 Å². The highest BCUT2D eigenvalue weighted by Gasteiger charge is 2.42. The summed E-state index contributed by atoms with van der Waals surface area (Å²) in [5.74, 6) is -3.12.